The standard InChI is InChI=1S/C13H25NO2/c1-3-16-13(15)11-12(2)14-9-7-5-4-6-8-10-14/h12H,3-11H2,1-2H3. The maximum atomic E-state index is 11.4. The van der Waals surface area contributed by atoms with Gasteiger partial charge in [-0.1, -0.05) is 19.3 Å². The van der Waals surface area contributed by atoms with E-state index in [1.54, 1.807) is 0 Å². The molecule has 0 bridgehead atoms. The van der Waals surface area contributed by atoms with E-state index in [4.69, 9.17) is 4.74 Å². The van der Waals surface area contributed by atoms with Crippen LogP contribution >= 0.6 is 0 Å². The highest BCUT2D eigenvalue weighted by Gasteiger charge is 2.18. The first kappa shape index (κ1) is 13.5. The molecule has 1 saturated heterocycles. The Morgan fingerprint density at radius 3 is 2.31 bits per heavy atom. The van der Waals surface area contributed by atoms with Crippen molar-refractivity contribution in [3.63, 3.8) is 0 Å². The van der Waals surface area contributed by atoms with Crippen molar-refractivity contribution in [2.24, 2.45) is 0 Å². The molecule has 3 heteroatoms. The fraction of sp³-hybridized carbons (Fsp3) is 0.923. The monoisotopic (exact) mass is 227 g/mol. The molecule has 1 atom stereocenters. The van der Waals surface area contributed by atoms with E-state index in [-0.39, 0.29) is 5.97 Å². The quantitative estimate of drug-likeness (QED) is 0.691. The van der Waals surface area contributed by atoms with Crippen molar-refractivity contribution in [1.29, 1.82) is 0 Å². The molecule has 1 aliphatic heterocycles. The molecule has 0 N–H and O–H groups in total. The van der Waals surface area contributed by atoms with Gasteiger partial charge in [-0.15, -0.1) is 0 Å². The van der Waals surface area contributed by atoms with Crippen molar-refractivity contribution in [2.45, 2.75) is 58.4 Å². The summed E-state index contributed by atoms with van der Waals surface area (Å²) in [7, 11) is 0. The summed E-state index contributed by atoms with van der Waals surface area (Å²) in [6, 6.07) is 0.331. The third-order valence-electron chi connectivity index (χ3n) is 3.28. The molecule has 1 aliphatic rings. The largest absolute Gasteiger partial charge is 0.466 e. The van der Waals surface area contributed by atoms with E-state index in [0.717, 1.165) is 13.1 Å². The first-order valence-electron chi connectivity index (χ1n) is 6.63. The number of esters is 1. The molecular formula is C13H25NO2. The predicted octanol–water partition coefficient (Wildman–Crippen LogP) is 2.59. The molecule has 16 heavy (non-hydrogen) atoms. The van der Waals surface area contributed by atoms with Crippen molar-refractivity contribution in [2.75, 3.05) is 19.7 Å². The van der Waals surface area contributed by atoms with E-state index in [0.29, 0.717) is 19.1 Å². The van der Waals surface area contributed by atoms with Crippen molar-refractivity contribution in [3.05, 3.63) is 0 Å². The highest BCUT2D eigenvalue weighted by Crippen LogP contribution is 2.14. The van der Waals surface area contributed by atoms with Crippen LogP contribution in [-0.4, -0.2) is 36.6 Å². The van der Waals surface area contributed by atoms with Gasteiger partial charge in [0.1, 0.15) is 0 Å². The van der Waals surface area contributed by atoms with E-state index in [1.165, 1.54) is 32.1 Å². The van der Waals surface area contributed by atoms with Gasteiger partial charge in [0.05, 0.1) is 13.0 Å². The van der Waals surface area contributed by atoms with Crippen LogP contribution in [0.2, 0.25) is 0 Å². The molecule has 0 aromatic rings. The van der Waals surface area contributed by atoms with Gasteiger partial charge in [0.2, 0.25) is 0 Å². The molecule has 0 aliphatic carbocycles. The summed E-state index contributed by atoms with van der Waals surface area (Å²) >= 11 is 0. The normalized spacial score (nSPS) is 20.9. The Balaban J connectivity index is 2.32. The van der Waals surface area contributed by atoms with Gasteiger partial charge in [0, 0.05) is 6.04 Å². The van der Waals surface area contributed by atoms with Gasteiger partial charge in [0.15, 0.2) is 0 Å². The van der Waals surface area contributed by atoms with E-state index in [2.05, 4.69) is 11.8 Å². The number of hydrogen-bond acceptors (Lipinski definition) is 3. The SMILES string of the molecule is CCOC(=O)CC(C)N1CCCCCCC1. The average Bonchev–Trinajstić information content (AvgIpc) is 2.16. The maximum Gasteiger partial charge on any atom is 0.307 e. The minimum atomic E-state index is -0.0583. The topological polar surface area (TPSA) is 29.5 Å². The molecular weight excluding hydrogens is 202 g/mol. The van der Waals surface area contributed by atoms with Gasteiger partial charge in [0.25, 0.3) is 0 Å². The van der Waals surface area contributed by atoms with Crippen LogP contribution in [0.15, 0.2) is 0 Å². The molecule has 0 aromatic heterocycles. The Morgan fingerprint density at radius 1 is 1.19 bits per heavy atom. The lowest BCUT2D eigenvalue weighted by molar-refractivity contribution is -0.144. The molecule has 1 heterocycles. The van der Waals surface area contributed by atoms with Crippen molar-refractivity contribution >= 4 is 5.97 Å². The number of rotatable bonds is 4. The Morgan fingerprint density at radius 2 is 1.75 bits per heavy atom. The third-order valence-corrected chi connectivity index (χ3v) is 3.28. The summed E-state index contributed by atoms with van der Waals surface area (Å²) in [4.78, 5) is 13.8. The molecule has 1 unspecified atom stereocenters. The number of ether oxygens (including phenoxy) is 1. The third kappa shape index (κ3) is 4.97. The second kappa shape index (κ2) is 7.66. The van der Waals surface area contributed by atoms with E-state index in [1.807, 2.05) is 6.92 Å². The van der Waals surface area contributed by atoms with E-state index in [9.17, 15) is 4.79 Å². The molecule has 0 spiro atoms. The molecule has 3 nitrogen and oxygen atoms in total. The van der Waals surface area contributed by atoms with Gasteiger partial charge in [-0.05, 0) is 39.8 Å². The minimum absolute atomic E-state index is 0.0583. The zero-order valence-electron chi connectivity index (χ0n) is 10.7. The molecule has 1 rings (SSSR count). The fourth-order valence-corrected chi connectivity index (χ4v) is 2.30. The molecule has 0 aromatic carbocycles. The molecule has 0 amide bonds. The van der Waals surface area contributed by atoms with Gasteiger partial charge < -0.3 is 9.64 Å². The zero-order valence-corrected chi connectivity index (χ0v) is 10.7. The van der Waals surface area contributed by atoms with Crippen LogP contribution in [0.3, 0.4) is 0 Å². The number of nitrogens with zero attached hydrogens (tertiary/aromatic N) is 1. The predicted molar refractivity (Wildman–Crippen MR) is 65.4 cm³/mol. The molecule has 0 radical (unpaired) electrons. The van der Waals surface area contributed by atoms with Gasteiger partial charge in [-0.3, -0.25) is 4.79 Å². The highest BCUT2D eigenvalue weighted by atomic mass is 16.5. The molecule has 0 saturated carbocycles. The summed E-state index contributed by atoms with van der Waals surface area (Å²) < 4.78 is 4.99. The summed E-state index contributed by atoms with van der Waals surface area (Å²) in [5.74, 6) is -0.0583. The van der Waals surface area contributed by atoms with Crippen LogP contribution < -0.4 is 0 Å². The van der Waals surface area contributed by atoms with Crippen LogP contribution in [0.1, 0.15) is 52.4 Å². The van der Waals surface area contributed by atoms with Crippen LogP contribution in [-0.2, 0) is 9.53 Å². The van der Waals surface area contributed by atoms with Crippen molar-refractivity contribution in [3.8, 4) is 0 Å². The first-order valence-corrected chi connectivity index (χ1v) is 6.63. The smallest absolute Gasteiger partial charge is 0.307 e. The maximum absolute atomic E-state index is 11.4. The highest BCUT2D eigenvalue weighted by molar-refractivity contribution is 5.70. The van der Waals surface area contributed by atoms with Crippen molar-refractivity contribution < 1.29 is 9.53 Å². The fourth-order valence-electron chi connectivity index (χ4n) is 2.30. The lowest BCUT2D eigenvalue weighted by Gasteiger charge is -2.30. The Hall–Kier alpha value is -0.570. The first-order chi connectivity index (χ1) is 7.74. The second-order valence-electron chi connectivity index (χ2n) is 4.66. The van der Waals surface area contributed by atoms with Gasteiger partial charge in [-0.25, -0.2) is 0 Å². The summed E-state index contributed by atoms with van der Waals surface area (Å²) in [6.45, 7) is 6.77. The lowest BCUT2D eigenvalue weighted by Crippen LogP contribution is -2.37. The Labute approximate surface area is 99.1 Å². The number of likely N-dealkylation sites (tertiary alicyclic amines) is 1. The van der Waals surface area contributed by atoms with E-state index >= 15 is 0 Å². The van der Waals surface area contributed by atoms with Crippen molar-refractivity contribution in [1.82, 2.24) is 4.90 Å². The van der Waals surface area contributed by atoms with Crippen LogP contribution in [0.25, 0.3) is 0 Å². The summed E-state index contributed by atoms with van der Waals surface area (Å²) in [5.41, 5.74) is 0. The average molecular weight is 227 g/mol. The summed E-state index contributed by atoms with van der Waals surface area (Å²) in [5, 5.41) is 0. The Kier molecular flexibility index (Phi) is 6.46. The lowest BCUT2D eigenvalue weighted by atomic mass is 10.1. The summed E-state index contributed by atoms with van der Waals surface area (Å²) in [6.07, 6.45) is 7.12. The second-order valence-corrected chi connectivity index (χ2v) is 4.66. The number of carbonyl (C=O) groups excluding carboxylic acids is 1. The number of hydrogen-bond donors (Lipinski definition) is 0. The van der Waals surface area contributed by atoms with Crippen LogP contribution in [0.4, 0.5) is 0 Å². The minimum Gasteiger partial charge on any atom is -0.466 e. The van der Waals surface area contributed by atoms with E-state index < -0.39 is 0 Å². The zero-order chi connectivity index (χ0) is 11.8. The Bertz CT molecular complexity index is 198. The van der Waals surface area contributed by atoms with Gasteiger partial charge in [-0.2, -0.15) is 0 Å². The van der Waals surface area contributed by atoms with Crippen LogP contribution in [0, 0.1) is 0 Å². The van der Waals surface area contributed by atoms with Gasteiger partial charge >= 0.3 is 5.97 Å². The molecule has 94 valence electrons. The van der Waals surface area contributed by atoms with Crippen LogP contribution in [0.5, 0.6) is 0 Å². The molecule has 1 fully saturated rings. The number of carbonyl (C=O) groups is 1.